The molecule has 1 N–H and O–H groups in total. The second-order valence-electron chi connectivity index (χ2n) is 8.64. The van der Waals surface area contributed by atoms with Crippen LogP contribution in [0.25, 0.3) is 11.1 Å². The van der Waals surface area contributed by atoms with E-state index in [1.165, 1.54) is 6.92 Å². The molecule has 4 rings (SSSR count). The number of rotatable bonds is 9. The van der Waals surface area contributed by atoms with Crippen LogP contribution in [0.4, 0.5) is 5.69 Å². The molecule has 5 nitrogen and oxygen atoms in total. The summed E-state index contributed by atoms with van der Waals surface area (Å²) in [4.78, 5) is 26.9. The standard InChI is InChI=1S/C31H30N2O3/c1-23(27-16-11-17-28(20-27)32-24(2)34)33(21-25-12-5-3-6-13-25)31(35)22-36-30-19-10-9-18-29(30)26-14-7-4-8-15-26/h3-20,23H,21-22H2,1-2H3,(H,32,34). The molecule has 0 aliphatic heterocycles. The Morgan fingerprint density at radius 1 is 0.833 bits per heavy atom. The second kappa shape index (κ2) is 11.8. The molecule has 2 amide bonds. The Balaban J connectivity index is 1.57. The van der Waals surface area contributed by atoms with E-state index in [0.717, 1.165) is 22.3 Å². The van der Waals surface area contributed by atoms with E-state index in [0.29, 0.717) is 18.0 Å². The monoisotopic (exact) mass is 478 g/mol. The summed E-state index contributed by atoms with van der Waals surface area (Å²) in [7, 11) is 0. The van der Waals surface area contributed by atoms with Gasteiger partial charge in [0.2, 0.25) is 5.91 Å². The molecule has 1 unspecified atom stereocenters. The molecular weight excluding hydrogens is 448 g/mol. The van der Waals surface area contributed by atoms with Crippen LogP contribution in [0.1, 0.15) is 31.0 Å². The molecule has 4 aromatic carbocycles. The molecular formula is C31H30N2O3. The van der Waals surface area contributed by atoms with Crippen molar-refractivity contribution in [1.82, 2.24) is 4.90 Å². The molecule has 0 radical (unpaired) electrons. The number of carbonyl (C=O) groups is 2. The fraction of sp³-hybridized carbons (Fsp3) is 0.161. The molecule has 0 saturated heterocycles. The predicted molar refractivity (Wildman–Crippen MR) is 144 cm³/mol. The molecule has 0 saturated carbocycles. The van der Waals surface area contributed by atoms with Crippen molar-refractivity contribution in [2.24, 2.45) is 0 Å². The van der Waals surface area contributed by atoms with Gasteiger partial charge in [0.15, 0.2) is 6.61 Å². The number of nitrogens with zero attached hydrogens (tertiary/aromatic N) is 1. The first-order valence-electron chi connectivity index (χ1n) is 12.0. The van der Waals surface area contributed by atoms with Crippen molar-refractivity contribution in [2.45, 2.75) is 26.4 Å². The van der Waals surface area contributed by atoms with Gasteiger partial charge in [0.25, 0.3) is 5.91 Å². The summed E-state index contributed by atoms with van der Waals surface area (Å²) < 4.78 is 6.09. The van der Waals surface area contributed by atoms with E-state index >= 15 is 0 Å². The summed E-state index contributed by atoms with van der Waals surface area (Å²) in [6.07, 6.45) is 0. The summed E-state index contributed by atoms with van der Waals surface area (Å²) in [5.74, 6) is 0.402. The molecule has 0 aliphatic rings. The van der Waals surface area contributed by atoms with Gasteiger partial charge in [-0.25, -0.2) is 0 Å². The normalized spacial score (nSPS) is 11.4. The zero-order valence-electron chi connectivity index (χ0n) is 20.6. The smallest absolute Gasteiger partial charge is 0.261 e. The lowest BCUT2D eigenvalue weighted by atomic mass is 10.0. The fourth-order valence-electron chi connectivity index (χ4n) is 4.15. The van der Waals surface area contributed by atoms with Crippen LogP contribution < -0.4 is 10.1 Å². The lowest BCUT2D eigenvalue weighted by molar-refractivity contribution is -0.136. The second-order valence-corrected chi connectivity index (χ2v) is 8.64. The van der Waals surface area contributed by atoms with Gasteiger partial charge in [-0.3, -0.25) is 9.59 Å². The van der Waals surface area contributed by atoms with Gasteiger partial charge in [0, 0.05) is 24.7 Å². The average Bonchev–Trinajstić information content (AvgIpc) is 2.91. The van der Waals surface area contributed by atoms with E-state index in [9.17, 15) is 9.59 Å². The van der Waals surface area contributed by atoms with E-state index in [4.69, 9.17) is 4.74 Å². The minimum absolute atomic E-state index is 0.0909. The quantitative estimate of drug-likeness (QED) is 0.299. The molecule has 36 heavy (non-hydrogen) atoms. The van der Waals surface area contributed by atoms with Crippen LogP contribution in [0.2, 0.25) is 0 Å². The van der Waals surface area contributed by atoms with Gasteiger partial charge in [0.1, 0.15) is 5.75 Å². The highest BCUT2D eigenvalue weighted by molar-refractivity contribution is 5.88. The van der Waals surface area contributed by atoms with Crippen LogP contribution >= 0.6 is 0 Å². The molecule has 5 heteroatoms. The molecule has 0 bridgehead atoms. The van der Waals surface area contributed by atoms with Gasteiger partial charge in [0.05, 0.1) is 6.04 Å². The zero-order valence-corrected chi connectivity index (χ0v) is 20.6. The van der Waals surface area contributed by atoms with Gasteiger partial charge < -0.3 is 15.0 Å². The van der Waals surface area contributed by atoms with Crippen molar-refractivity contribution in [3.63, 3.8) is 0 Å². The lowest BCUT2D eigenvalue weighted by Crippen LogP contribution is -2.36. The highest BCUT2D eigenvalue weighted by Gasteiger charge is 2.23. The Bertz CT molecular complexity index is 1310. The summed E-state index contributed by atoms with van der Waals surface area (Å²) in [5, 5.41) is 2.82. The van der Waals surface area contributed by atoms with Crippen molar-refractivity contribution >= 4 is 17.5 Å². The molecule has 0 spiro atoms. The highest BCUT2D eigenvalue weighted by atomic mass is 16.5. The van der Waals surface area contributed by atoms with Crippen molar-refractivity contribution in [1.29, 1.82) is 0 Å². The Morgan fingerprint density at radius 2 is 1.50 bits per heavy atom. The van der Waals surface area contributed by atoms with Crippen molar-refractivity contribution in [3.8, 4) is 16.9 Å². The SMILES string of the molecule is CC(=O)Nc1cccc(C(C)N(Cc2ccccc2)C(=O)COc2ccccc2-c2ccccc2)c1. The number of anilines is 1. The molecule has 4 aromatic rings. The maximum absolute atomic E-state index is 13.6. The number of para-hydroxylation sites is 1. The number of hydrogen-bond donors (Lipinski definition) is 1. The number of carbonyl (C=O) groups excluding carboxylic acids is 2. The van der Waals surface area contributed by atoms with Crippen LogP contribution in [0.3, 0.4) is 0 Å². The van der Waals surface area contributed by atoms with Crippen molar-refractivity contribution in [3.05, 3.63) is 120 Å². The number of benzene rings is 4. The van der Waals surface area contributed by atoms with E-state index in [1.54, 1.807) is 0 Å². The summed E-state index contributed by atoms with van der Waals surface area (Å²) >= 11 is 0. The first-order chi connectivity index (χ1) is 17.5. The summed E-state index contributed by atoms with van der Waals surface area (Å²) in [5.41, 5.74) is 4.63. The van der Waals surface area contributed by atoms with Crippen LogP contribution in [0, 0.1) is 0 Å². The molecule has 0 fully saturated rings. The largest absolute Gasteiger partial charge is 0.483 e. The third-order valence-corrected chi connectivity index (χ3v) is 6.00. The Kier molecular flexibility index (Phi) is 8.14. The first kappa shape index (κ1) is 24.7. The molecule has 0 heterocycles. The average molecular weight is 479 g/mol. The van der Waals surface area contributed by atoms with Crippen LogP contribution in [-0.2, 0) is 16.1 Å². The third kappa shape index (κ3) is 6.39. The number of amides is 2. The highest BCUT2D eigenvalue weighted by Crippen LogP contribution is 2.30. The van der Waals surface area contributed by atoms with E-state index in [1.807, 2.05) is 121 Å². The van der Waals surface area contributed by atoms with Crippen molar-refractivity contribution in [2.75, 3.05) is 11.9 Å². The molecule has 0 aromatic heterocycles. The Labute approximate surface area is 212 Å². The summed E-state index contributed by atoms with van der Waals surface area (Å²) in [6.45, 7) is 3.82. The number of ether oxygens (including phenoxy) is 1. The minimum atomic E-state index is -0.237. The fourth-order valence-corrected chi connectivity index (χ4v) is 4.15. The molecule has 0 aliphatic carbocycles. The zero-order chi connectivity index (χ0) is 25.3. The Hall–Kier alpha value is -4.38. The van der Waals surface area contributed by atoms with Gasteiger partial charge in [-0.05, 0) is 41.8 Å². The van der Waals surface area contributed by atoms with E-state index in [2.05, 4.69) is 5.32 Å². The molecule has 182 valence electrons. The summed E-state index contributed by atoms with van der Waals surface area (Å²) in [6, 6.07) is 35.0. The third-order valence-electron chi connectivity index (χ3n) is 6.00. The van der Waals surface area contributed by atoms with E-state index in [-0.39, 0.29) is 24.5 Å². The van der Waals surface area contributed by atoms with Gasteiger partial charge in [-0.2, -0.15) is 0 Å². The van der Waals surface area contributed by atoms with Gasteiger partial charge >= 0.3 is 0 Å². The topological polar surface area (TPSA) is 58.6 Å². The van der Waals surface area contributed by atoms with Gasteiger partial charge in [-0.1, -0.05) is 91.0 Å². The van der Waals surface area contributed by atoms with Gasteiger partial charge in [-0.15, -0.1) is 0 Å². The van der Waals surface area contributed by atoms with Crippen molar-refractivity contribution < 1.29 is 14.3 Å². The maximum Gasteiger partial charge on any atom is 0.261 e. The lowest BCUT2D eigenvalue weighted by Gasteiger charge is -2.30. The first-order valence-corrected chi connectivity index (χ1v) is 12.0. The predicted octanol–water partition coefficient (Wildman–Crippen LogP) is 6.48. The van der Waals surface area contributed by atoms with Crippen LogP contribution in [-0.4, -0.2) is 23.3 Å². The molecule has 1 atom stereocenters. The Morgan fingerprint density at radius 3 is 2.22 bits per heavy atom. The minimum Gasteiger partial charge on any atom is -0.483 e. The van der Waals surface area contributed by atoms with Crippen LogP contribution in [0.15, 0.2) is 109 Å². The number of nitrogens with one attached hydrogen (secondary N) is 1. The maximum atomic E-state index is 13.6. The van der Waals surface area contributed by atoms with Crippen LogP contribution in [0.5, 0.6) is 5.75 Å². The number of hydrogen-bond acceptors (Lipinski definition) is 3. The van der Waals surface area contributed by atoms with E-state index < -0.39 is 0 Å².